The summed E-state index contributed by atoms with van der Waals surface area (Å²) < 4.78 is 2.03. The summed E-state index contributed by atoms with van der Waals surface area (Å²) >= 11 is 0. The first-order valence-corrected chi connectivity index (χ1v) is 8.55. The third-order valence-electron chi connectivity index (χ3n) is 3.35. The normalized spacial score (nSPS) is 11.6. The molecule has 9 heteroatoms. The average molecular weight is 465 g/mol. The molecule has 0 spiro atoms. The van der Waals surface area contributed by atoms with Gasteiger partial charge in [0.05, 0.1) is 6.54 Å². The number of hydrogen-bond donors (Lipinski definition) is 3. The number of aromatic nitrogens is 3. The topological polar surface area (TPSA) is 96.2 Å². The number of aryl methyl sites for hydroxylation is 1. The molecule has 1 aromatic heterocycles. The Hall–Kier alpha value is -1.39. The van der Waals surface area contributed by atoms with E-state index in [4.69, 9.17) is 0 Å². The highest BCUT2D eigenvalue weighted by Crippen LogP contribution is 2.11. The molecule has 0 radical (unpaired) electrons. The van der Waals surface area contributed by atoms with Crippen molar-refractivity contribution in [1.29, 1.82) is 0 Å². The zero-order valence-corrected chi connectivity index (χ0v) is 18.3. The number of carbonyl (C=O) groups is 1. The number of amides is 1. The van der Waals surface area contributed by atoms with Crippen LogP contribution in [0.2, 0.25) is 0 Å². The minimum Gasteiger partial charge on any atom is -0.357 e. The second-order valence-electron chi connectivity index (χ2n) is 6.49. The van der Waals surface area contributed by atoms with E-state index in [-0.39, 0.29) is 35.3 Å². The fraction of sp³-hybridized carbons (Fsp3) is 0.750. The fourth-order valence-electron chi connectivity index (χ4n) is 1.98. The van der Waals surface area contributed by atoms with Gasteiger partial charge in [0.1, 0.15) is 12.2 Å². The average Bonchev–Trinajstić information content (AvgIpc) is 2.97. The molecule has 0 saturated heterocycles. The molecule has 0 unspecified atom stereocenters. The first kappa shape index (κ1) is 23.6. The maximum absolute atomic E-state index is 11.8. The predicted octanol–water partition coefficient (Wildman–Crippen LogP) is 1.18. The smallest absolute Gasteiger partial charge is 0.225 e. The summed E-state index contributed by atoms with van der Waals surface area (Å²) in [6, 6.07) is 0. The lowest BCUT2D eigenvalue weighted by molar-refractivity contribution is -0.128. The number of rotatable bonds is 8. The van der Waals surface area contributed by atoms with E-state index in [1.165, 1.54) is 0 Å². The highest BCUT2D eigenvalue weighted by atomic mass is 127. The molecule has 3 N–H and O–H groups in total. The fourth-order valence-corrected chi connectivity index (χ4v) is 1.98. The Labute approximate surface area is 167 Å². The number of carbonyl (C=O) groups excluding carboxylic acids is 1. The minimum absolute atomic E-state index is 0. The lowest BCUT2D eigenvalue weighted by atomic mass is 9.96. The molecule has 1 amide bonds. The molecule has 0 aliphatic rings. The van der Waals surface area contributed by atoms with E-state index < -0.39 is 0 Å². The molecular weight excluding hydrogens is 433 g/mol. The molecule has 0 bridgehead atoms. The Morgan fingerprint density at radius 2 is 1.92 bits per heavy atom. The lowest BCUT2D eigenvalue weighted by Gasteiger charge is -2.17. The van der Waals surface area contributed by atoms with Crippen molar-refractivity contribution >= 4 is 35.8 Å². The second-order valence-corrected chi connectivity index (χ2v) is 6.49. The SMILES string of the molecule is CCNC(=NCCNC(=O)C(C)(C)C)NCCn1cnnc1CC.I. The van der Waals surface area contributed by atoms with Crippen LogP contribution in [0.3, 0.4) is 0 Å². The molecule has 0 aliphatic carbocycles. The molecule has 0 fully saturated rings. The van der Waals surface area contributed by atoms with E-state index in [0.29, 0.717) is 13.1 Å². The maximum Gasteiger partial charge on any atom is 0.225 e. The minimum atomic E-state index is -0.373. The summed E-state index contributed by atoms with van der Waals surface area (Å²) in [5.41, 5.74) is -0.373. The molecule has 1 aromatic rings. The molecular formula is C16H32IN7O. The number of halogens is 1. The highest BCUT2D eigenvalue weighted by molar-refractivity contribution is 14.0. The summed E-state index contributed by atoms with van der Waals surface area (Å²) in [7, 11) is 0. The standard InChI is InChI=1S/C16H31N7O.HI/c1-6-13-22-21-12-23(13)11-10-20-15(17-7-2)19-9-8-18-14(24)16(3,4)5;/h12H,6-11H2,1-5H3,(H,18,24)(H2,17,19,20);1H. The third kappa shape index (κ3) is 9.03. The monoisotopic (exact) mass is 465 g/mol. The van der Waals surface area contributed by atoms with Crippen molar-refractivity contribution in [2.24, 2.45) is 10.4 Å². The van der Waals surface area contributed by atoms with Crippen LogP contribution in [0.25, 0.3) is 0 Å². The first-order chi connectivity index (χ1) is 11.4. The van der Waals surface area contributed by atoms with Crippen molar-refractivity contribution in [2.45, 2.75) is 47.6 Å². The van der Waals surface area contributed by atoms with E-state index >= 15 is 0 Å². The number of nitrogens with zero attached hydrogens (tertiary/aromatic N) is 4. The van der Waals surface area contributed by atoms with E-state index in [0.717, 1.165) is 37.8 Å². The van der Waals surface area contributed by atoms with Gasteiger partial charge in [0.2, 0.25) is 5.91 Å². The van der Waals surface area contributed by atoms with Crippen LogP contribution in [-0.4, -0.2) is 52.8 Å². The van der Waals surface area contributed by atoms with Crippen molar-refractivity contribution in [2.75, 3.05) is 26.2 Å². The van der Waals surface area contributed by atoms with E-state index in [9.17, 15) is 4.79 Å². The number of nitrogens with one attached hydrogen (secondary N) is 3. The Morgan fingerprint density at radius 3 is 2.52 bits per heavy atom. The zero-order valence-electron chi connectivity index (χ0n) is 15.9. The van der Waals surface area contributed by atoms with Gasteiger partial charge in [-0.3, -0.25) is 9.79 Å². The lowest BCUT2D eigenvalue weighted by Crippen LogP contribution is -2.40. The van der Waals surface area contributed by atoms with Gasteiger partial charge >= 0.3 is 0 Å². The first-order valence-electron chi connectivity index (χ1n) is 8.55. The van der Waals surface area contributed by atoms with Gasteiger partial charge in [-0.25, -0.2) is 0 Å². The highest BCUT2D eigenvalue weighted by Gasteiger charge is 2.20. The zero-order chi connectivity index (χ0) is 18.0. The van der Waals surface area contributed by atoms with E-state index in [1.54, 1.807) is 6.33 Å². The van der Waals surface area contributed by atoms with Gasteiger partial charge in [0, 0.05) is 38.0 Å². The van der Waals surface area contributed by atoms with Crippen LogP contribution in [0.5, 0.6) is 0 Å². The van der Waals surface area contributed by atoms with Crippen LogP contribution >= 0.6 is 24.0 Å². The van der Waals surface area contributed by atoms with Crippen molar-refractivity contribution < 1.29 is 4.79 Å². The van der Waals surface area contributed by atoms with Crippen LogP contribution in [0.4, 0.5) is 0 Å². The molecule has 144 valence electrons. The molecule has 0 atom stereocenters. The molecule has 1 rings (SSSR count). The Morgan fingerprint density at radius 1 is 1.20 bits per heavy atom. The van der Waals surface area contributed by atoms with Crippen molar-refractivity contribution in [1.82, 2.24) is 30.7 Å². The van der Waals surface area contributed by atoms with Crippen LogP contribution in [0.1, 0.15) is 40.4 Å². The van der Waals surface area contributed by atoms with Gasteiger partial charge in [-0.1, -0.05) is 27.7 Å². The Kier molecular flexibility index (Phi) is 11.4. The van der Waals surface area contributed by atoms with Crippen LogP contribution < -0.4 is 16.0 Å². The molecule has 25 heavy (non-hydrogen) atoms. The summed E-state index contributed by atoms with van der Waals surface area (Å²) in [6.07, 6.45) is 2.61. The van der Waals surface area contributed by atoms with Crippen molar-refractivity contribution in [3.05, 3.63) is 12.2 Å². The Bertz CT molecular complexity index is 537. The van der Waals surface area contributed by atoms with Crippen LogP contribution in [0, 0.1) is 5.41 Å². The predicted molar refractivity (Wildman–Crippen MR) is 111 cm³/mol. The molecule has 0 saturated carbocycles. The molecule has 0 aliphatic heterocycles. The molecule has 0 aromatic carbocycles. The van der Waals surface area contributed by atoms with Gasteiger partial charge in [-0.15, -0.1) is 34.2 Å². The second kappa shape index (κ2) is 12.0. The van der Waals surface area contributed by atoms with Gasteiger partial charge < -0.3 is 20.5 Å². The van der Waals surface area contributed by atoms with E-state index in [1.807, 2.05) is 32.3 Å². The largest absolute Gasteiger partial charge is 0.357 e. The Balaban J connectivity index is 0.00000576. The molecule has 8 nitrogen and oxygen atoms in total. The van der Waals surface area contributed by atoms with Gasteiger partial charge in [-0.2, -0.15) is 0 Å². The number of hydrogen-bond acceptors (Lipinski definition) is 4. The third-order valence-corrected chi connectivity index (χ3v) is 3.35. The van der Waals surface area contributed by atoms with Gasteiger partial charge in [0.15, 0.2) is 5.96 Å². The van der Waals surface area contributed by atoms with Gasteiger partial charge in [0.25, 0.3) is 0 Å². The van der Waals surface area contributed by atoms with Crippen molar-refractivity contribution in [3.63, 3.8) is 0 Å². The van der Waals surface area contributed by atoms with Crippen LogP contribution in [-0.2, 0) is 17.8 Å². The summed E-state index contributed by atoms with van der Waals surface area (Å²) in [5.74, 6) is 1.76. The van der Waals surface area contributed by atoms with Crippen LogP contribution in [0.15, 0.2) is 11.3 Å². The summed E-state index contributed by atoms with van der Waals surface area (Å²) in [4.78, 5) is 16.3. The van der Waals surface area contributed by atoms with E-state index in [2.05, 4.69) is 38.1 Å². The molecule has 1 heterocycles. The summed E-state index contributed by atoms with van der Waals surface area (Å²) in [6.45, 7) is 13.1. The quantitative estimate of drug-likeness (QED) is 0.232. The number of guanidine groups is 1. The number of aliphatic imine (C=N–C) groups is 1. The van der Waals surface area contributed by atoms with Crippen molar-refractivity contribution in [3.8, 4) is 0 Å². The maximum atomic E-state index is 11.8. The van der Waals surface area contributed by atoms with Gasteiger partial charge in [-0.05, 0) is 6.92 Å². The summed E-state index contributed by atoms with van der Waals surface area (Å²) in [5, 5.41) is 17.4.